The number of piperidine rings is 1. The number of para-hydroxylation sites is 1. The fraction of sp³-hybridized carbons (Fsp3) is 0.333. The van der Waals surface area contributed by atoms with Crippen molar-refractivity contribution < 1.29 is 14.3 Å². The third-order valence-electron chi connectivity index (χ3n) is 6.21. The zero-order valence-electron chi connectivity index (χ0n) is 17.9. The summed E-state index contributed by atoms with van der Waals surface area (Å²) in [5.41, 5.74) is 2.86. The molecular formula is C24H25N5O3. The van der Waals surface area contributed by atoms with Gasteiger partial charge in [-0.1, -0.05) is 48.5 Å². The number of rotatable bonds is 4. The van der Waals surface area contributed by atoms with Crippen LogP contribution in [0.4, 0.5) is 4.79 Å². The molecule has 2 aliphatic heterocycles. The molecule has 1 unspecified atom stereocenters. The molecule has 0 aliphatic carbocycles. The van der Waals surface area contributed by atoms with Crippen molar-refractivity contribution in [1.82, 2.24) is 24.8 Å². The number of aromatic nitrogens is 3. The van der Waals surface area contributed by atoms with E-state index in [0.29, 0.717) is 43.9 Å². The maximum absolute atomic E-state index is 13.1. The van der Waals surface area contributed by atoms with Crippen molar-refractivity contribution in [2.75, 3.05) is 19.7 Å². The van der Waals surface area contributed by atoms with Crippen LogP contribution in [0.25, 0.3) is 5.69 Å². The molecule has 2 saturated heterocycles. The van der Waals surface area contributed by atoms with Gasteiger partial charge in [-0.05, 0) is 37.5 Å². The summed E-state index contributed by atoms with van der Waals surface area (Å²) in [4.78, 5) is 30.8. The Balaban J connectivity index is 1.27. The first-order valence-corrected chi connectivity index (χ1v) is 10.9. The van der Waals surface area contributed by atoms with Gasteiger partial charge in [-0.25, -0.2) is 4.79 Å². The van der Waals surface area contributed by atoms with Crippen LogP contribution >= 0.6 is 0 Å². The molecule has 1 atom stereocenters. The Kier molecular flexibility index (Phi) is 5.34. The minimum absolute atomic E-state index is 0.0420. The molecule has 2 aliphatic rings. The van der Waals surface area contributed by atoms with Gasteiger partial charge >= 0.3 is 6.09 Å². The van der Waals surface area contributed by atoms with Gasteiger partial charge in [0.2, 0.25) is 0 Å². The lowest BCUT2D eigenvalue weighted by Crippen LogP contribution is -2.48. The number of cyclic esters (lactones) is 1. The fourth-order valence-corrected chi connectivity index (χ4v) is 4.52. The maximum atomic E-state index is 13.1. The summed E-state index contributed by atoms with van der Waals surface area (Å²) in [6.07, 6.45) is 1.14. The Morgan fingerprint density at radius 3 is 2.31 bits per heavy atom. The van der Waals surface area contributed by atoms with Gasteiger partial charge in [0.1, 0.15) is 6.61 Å². The molecule has 3 heterocycles. The van der Waals surface area contributed by atoms with Crippen LogP contribution in [-0.2, 0) is 4.74 Å². The molecule has 1 aromatic heterocycles. The largest absolute Gasteiger partial charge is 0.447 e. The Labute approximate surface area is 186 Å². The minimum atomic E-state index is -0.273. The lowest BCUT2D eigenvalue weighted by molar-refractivity contribution is 0.0629. The molecule has 2 aromatic carbocycles. The lowest BCUT2D eigenvalue weighted by atomic mass is 9.99. The highest BCUT2D eigenvalue weighted by Gasteiger charge is 2.40. The number of amides is 2. The van der Waals surface area contributed by atoms with Crippen LogP contribution in [0.15, 0.2) is 60.7 Å². The summed E-state index contributed by atoms with van der Waals surface area (Å²) >= 11 is 0. The molecule has 164 valence electrons. The highest BCUT2D eigenvalue weighted by molar-refractivity contribution is 5.93. The van der Waals surface area contributed by atoms with Crippen LogP contribution in [0.3, 0.4) is 0 Å². The maximum Gasteiger partial charge on any atom is 0.410 e. The van der Waals surface area contributed by atoms with Gasteiger partial charge in [0.05, 0.1) is 17.4 Å². The lowest BCUT2D eigenvalue weighted by Gasteiger charge is -2.37. The molecule has 5 rings (SSSR count). The highest BCUT2D eigenvalue weighted by Crippen LogP contribution is 2.33. The molecule has 2 fully saturated rings. The van der Waals surface area contributed by atoms with E-state index in [2.05, 4.69) is 10.2 Å². The Bertz CT molecular complexity index is 1110. The Hall–Kier alpha value is -3.68. The average molecular weight is 431 g/mol. The minimum Gasteiger partial charge on any atom is -0.447 e. The molecule has 8 nitrogen and oxygen atoms in total. The number of hydrogen-bond donors (Lipinski definition) is 0. The summed E-state index contributed by atoms with van der Waals surface area (Å²) in [6.45, 7) is 3.29. The van der Waals surface area contributed by atoms with Crippen LogP contribution in [0.2, 0.25) is 0 Å². The zero-order chi connectivity index (χ0) is 22.1. The van der Waals surface area contributed by atoms with Crippen molar-refractivity contribution >= 4 is 12.0 Å². The SMILES string of the molecule is Cc1nn(-c2ccccc2)nc1C(=O)N1CCC(N2C(=O)OCC2c2ccccc2)CC1. The van der Waals surface area contributed by atoms with E-state index in [0.717, 1.165) is 11.3 Å². The number of likely N-dealkylation sites (tertiary alicyclic amines) is 1. The van der Waals surface area contributed by atoms with E-state index < -0.39 is 0 Å². The van der Waals surface area contributed by atoms with Gasteiger partial charge in [0, 0.05) is 19.1 Å². The molecule has 0 saturated carbocycles. The second kappa shape index (κ2) is 8.45. The van der Waals surface area contributed by atoms with E-state index in [1.807, 2.05) is 70.5 Å². The second-order valence-electron chi connectivity index (χ2n) is 8.19. The van der Waals surface area contributed by atoms with Gasteiger partial charge in [-0.3, -0.25) is 9.69 Å². The Morgan fingerprint density at radius 2 is 1.62 bits per heavy atom. The molecule has 0 spiro atoms. The number of aryl methyl sites for hydroxylation is 1. The summed E-state index contributed by atoms with van der Waals surface area (Å²) in [5.74, 6) is -0.119. The number of carbonyl (C=O) groups excluding carboxylic acids is 2. The smallest absolute Gasteiger partial charge is 0.410 e. The van der Waals surface area contributed by atoms with Crippen LogP contribution < -0.4 is 0 Å². The van der Waals surface area contributed by atoms with Crippen LogP contribution in [0.5, 0.6) is 0 Å². The van der Waals surface area contributed by atoms with Gasteiger partial charge in [0.15, 0.2) is 5.69 Å². The molecular weight excluding hydrogens is 406 g/mol. The first kappa shape index (κ1) is 20.2. The molecule has 8 heteroatoms. The molecule has 0 N–H and O–H groups in total. The quantitative estimate of drug-likeness (QED) is 0.633. The number of benzene rings is 2. The first-order chi connectivity index (χ1) is 15.6. The van der Waals surface area contributed by atoms with Crippen LogP contribution in [0.1, 0.15) is 40.6 Å². The topological polar surface area (TPSA) is 80.6 Å². The highest BCUT2D eigenvalue weighted by atomic mass is 16.6. The van der Waals surface area contributed by atoms with E-state index in [1.165, 1.54) is 4.80 Å². The monoisotopic (exact) mass is 431 g/mol. The average Bonchev–Trinajstić information content (AvgIpc) is 3.42. The number of ether oxygens (including phenoxy) is 1. The van der Waals surface area contributed by atoms with E-state index >= 15 is 0 Å². The summed E-state index contributed by atoms with van der Waals surface area (Å²) in [7, 11) is 0. The predicted octanol–water partition coefficient (Wildman–Crippen LogP) is 3.37. The normalized spacial score (nSPS) is 19.3. The van der Waals surface area contributed by atoms with Crippen molar-refractivity contribution in [1.29, 1.82) is 0 Å². The second-order valence-corrected chi connectivity index (χ2v) is 8.19. The van der Waals surface area contributed by atoms with Gasteiger partial charge < -0.3 is 9.64 Å². The van der Waals surface area contributed by atoms with E-state index in [-0.39, 0.29) is 24.1 Å². The van der Waals surface area contributed by atoms with Crippen LogP contribution in [0, 0.1) is 6.92 Å². The van der Waals surface area contributed by atoms with Crippen molar-refractivity contribution in [2.45, 2.75) is 31.8 Å². The predicted molar refractivity (Wildman–Crippen MR) is 117 cm³/mol. The van der Waals surface area contributed by atoms with Gasteiger partial charge in [-0.2, -0.15) is 9.90 Å². The van der Waals surface area contributed by atoms with Crippen molar-refractivity contribution in [3.8, 4) is 5.69 Å². The van der Waals surface area contributed by atoms with Gasteiger partial charge in [0.25, 0.3) is 5.91 Å². The standard InChI is InChI=1S/C24H25N5O3/c1-17-22(26-29(25-17)20-10-6-3-7-11-20)23(30)27-14-12-19(13-15-27)28-21(16-32-24(28)31)18-8-4-2-5-9-18/h2-11,19,21H,12-16H2,1H3. The number of carbonyl (C=O) groups is 2. The molecule has 2 amide bonds. The molecule has 3 aromatic rings. The van der Waals surface area contributed by atoms with Crippen LogP contribution in [-0.4, -0.2) is 62.5 Å². The van der Waals surface area contributed by atoms with E-state index in [4.69, 9.17) is 4.74 Å². The summed E-state index contributed by atoms with van der Waals surface area (Å²) in [6, 6.07) is 19.5. The first-order valence-electron chi connectivity index (χ1n) is 10.9. The van der Waals surface area contributed by atoms with E-state index in [1.54, 1.807) is 6.92 Å². The number of nitrogens with zero attached hydrogens (tertiary/aromatic N) is 5. The summed E-state index contributed by atoms with van der Waals surface area (Å²) < 4.78 is 5.38. The molecule has 32 heavy (non-hydrogen) atoms. The van der Waals surface area contributed by atoms with Crippen molar-refractivity contribution in [2.24, 2.45) is 0 Å². The summed E-state index contributed by atoms with van der Waals surface area (Å²) in [5, 5.41) is 8.86. The fourth-order valence-electron chi connectivity index (χ4n) is 4.52. The Morgan fingerprint density at radius 1 is 0.969 bits per heavy atom. The van der Waals surface area contributed by atoms with Gasteiger partial charge in [-0.15, -0.1) is 5.10 Å². The van der Waals surface area contributed by atoms with Crippen molar-refractivity contribution in [3.05, 3.63) is 77.6 Å². The molecule has 0 bridgehead atoms. The zero-order valence-corrected chi connectivity index (χ0v) is 17.9. The molecule has 0 radical (unpaired) electrons. The van der Waals surface area contributed by atoms with Crippen molar-refractivity contribution in [3.63, 3.8) is 0 Å². The number of hydrogen-bond acceptors (Lipinski definition) is 5. The van der Waals surface area contributed by atoms with E-state index in [9.17, 15) is 9.59 Å². The third-order valence-corrected chi connectivity index (χ3v) is 6.21. The third kappa shape index (κ3) is 3.72.